The third kappa shape index (κ3) is 6.01. The number of carbonyl (C=O) groups excluding carboxylic acids is 1. The molecule has 0 aliphatic rings. The summed E-state index contributed by atoms with van der Waals surface area (Å²) in [5.74, 6) is 0.0978. The van der Waals surface area contributed by atoms with Crippen LogP contribution in [0.3, 0.4) is 0 Å². The molecule has 0 radical (unpaired) electrons. The fourth-order valence-electron chi connectivity index (χ4n) is 4.16. The average Bonchev–Trinajstić information content (AvgIpc) is 3.07. The average molecular weight is 462 g/mol. The summed E-state index contributed by atoms with van der Waals surface area (Å²) in [5, 5.41) is 0. The molecule has 1 aromatic heterocycles. The van der Waals surface area contributed by atoms with Crippen LogP contribution in [-0.4, -0.2) is 47.2 Å². The Kier molecular flexibility index (Phi) is 8.71. The summed E-state index contributed by atoms with van der Waals surface area (Å²) in [6.07, 6.45) is 2.57. The molecule has 1 atom stereocenters. The van der Waals surface area contributed by atoms with Crippen molar-refractivity contribution in [3.63, 3.8) is 0 Å². The predicted octanol–water partition coefficient (Wildman–Crippen LogP) is 4.42. The van der Waals surface area contributed by atoms with Crippen molar-refractivity contribution in [3.05, 3.63) is 52.8 Å². The van der Waals surface area contributed by atoms with E-state index >= 15 is 0 Å². The first-order valence-electron chi connectivity index (χ1n) is 11.4. The lowest BCUT2D eigenvalue weighted by molar-refractivity contribution is -0.133. The van der Waals surface area contributed by atoms with Crippen LogP contribution in [0.2, 0.25) is 0 Å². The van der Waals surface area contributed by atoms with Gasteiger partial charge in [-0.2, -0.15) is 4.31 Å². The molecule has 0 aliphatic heterocycles. The summed E-state index contributed by atoms with van der Waals surface area (Å²) in [5.41, 5.74) is 3.47. The van der Waals surface area contributed by atoms with Crippen molar-refractivity contribution in [2.24, 2.45) is 13.0 Å². The van der Waals surface area contributed by atoms with E-state index in [0.717, 1.165) is 11.3 Å². The highest BCUT2D eigenvalue weighted by atomic mass is 32.2. The molecule has 0 N–H and O–H groups in total. The minimum Gasteiger partial charge on any atom is -0.353 e. The number of sulfonamides is 1. The van der Waals surface area contributed by atoms with E-state index in [1.807, 2.05) is 76.7 Å². The van der Waals surface area contributed by atoms with Crippen LogP contribution >= 0.6 is 0 Å². The molecule has 2 aromatic rings. The van der Waals surface area contributed by atoms with E-state index in [4.69, 9.17) is 0 Å². The molecule has 1 unspecified atom stereocenters. The summed E-state index contributed by atoms with van der Waals surface area (Å²) < 4.78 is 31.0. The van der Waals surface area contributed by atoms with Crippen molar-refractivity contribution in [1.82, 2.24) is 13.8 Å². The Hall–Kier alpha value is -2.12. The van der Waals surface area contributed by atoms with Gasteiger partial charge in [0.15, 0.2) is 0 Å². The second-order valence-corrected chi connectivity index (χ2v) is 11.1. The Morgan fingerprint density at radius 3 is 2.16 bits per heavy atom. The van der Waals surface area contributed by atoms with Crippen molar-refractivity contribution in [3.8, 4) is 0 Å². The highest BCUT2D eigenvalue weighted by Gasteiger charge is 2.34. The number of hydrogen-bond donors (Lipinski definition) is 0. The number of nitrogens with zero attached hydrogens (tertiary/aromatic N) is 3. The Labute approximate surface area is 194 Å². The van der Waals surface area contributed by atoms with Crippen molar-refractivity contribution < 1.29 is 13.2 Å². The summed E-state index contributed by atoms with van der Waals surface area (Å²) in [6, 6.07) is 7.42. The minimum atomic E-state index is -3.84. The van der Waals surface area contributed by atoms with Gasteiger partial charge in [-0.3, -0.25) is 4.79 Å². The third-order valence-electron chi connectivity index (χ3n) is 5.89. The Morgan fingerprint density at radius 1 is 1.09 bits per heavy atom. The SMILES string of the molecule is CCC(C)N(CC(=O)N(Cc1cccn1C)CC(C)C)S(=O)(=O)c1c(C)cc(C)cc1C. The standard InChI is InChI=1S/C25H39N3O3S/c1-9-22(7)28(32(30,31)25-20(5)13-19(4)14-21(25)6)17-24(29)27(15-18(2)3)16-23-11-10-12-26(23)8/h10-14,18,22H,9,15-17H2,1-8H3. The van der Waals surface area contributed by atoms with Gasteiger partial charge >= 0.3 is 0 Å². The predicted molar refractivity (Wildman–Crippen MR) is 130 cm³/mol. The molecule has 1 amide bonds. The highest BCUT2D eigenvalue weighted by molar-refractivity contribution is 7.89. The fourth-order valence-corrected chi connectivity index (χ4v) is 6.23. The number of aromatic nitrogens is 1. The molecule has 1 heterocycles. The van der Waals surface area contributed by atoms with Gasteiger partial charge in [0.05, 0.1) is 18.0 Å². The van der Waals surface area contributed by atoms with Crippen LogP contribution in [0.4, 0.5) is 0 Å². The molecule has 0 saturated carbocycles. The van der Waals surface area contributed by atoms with E-state index in [0.29, 0.717) is 35.5 Å². The Bertz CT molecular complexity index is 1020. The monoisotopic (exact) mass is 461 g/mol. The summed E-state index contributed by atoms with van der Waals surface area (Å²) in [4.78, 5) is 15.6. The minimum absolute atomic E-state index is 0.165. The van der Waals surface area contributed by atoms with Gasteiger partial charge in [0.25, 0.3) is 0 Å². The second-order valence-electron chi connectivity index (χ2n) is 9.31. The number of hydrogen-bond acceptors (Lipinski definition) is 3. The summed E-state index contributed by atoms with van der Waals surface area (Å²) in [6.45, 7) is 14.4. The van der Waals surface area contributed by atoms with E-state index in [-0.39, 0.29) is 24.4 Å². The van der Waals surface area contributed by atoms with E-state index in [1.54, 1.807) is 4.90 Å². The number of aryl methyl sites for hydroxylation is 4. The van der Waals surface area contributed by atoms with Crippen LogP contribution in [0.5, 0.6) is 0 Å². The molecular weight excluding hydrogens is 422 g/mol. The van der Waals surface area contributed by atoms with E-state index < -0.39 is 10.0 Å². The zero-order valence-electron chi connectivity index (χ0n) is 20.8. The maximum atomic E-state index is 13.8. The first-order valence-corrected chi connectivity index (χ1v) is 12.8. The number of benzene rings is 1. The lowest BCUT2D eigenvalue weighted by atomic mass is 10.1. The van der Waals surface area contributed by atoms with Gasteiger partial charge in [-0.25, -0.2) is 8.42 Å². The van der Waals surface area contributed by atoms with Gasteiger partial charge in [0, 0.05) is 31.5 Å². The van der Waals surface area contributed by atoms with Crippen molar-refractivity contribution >= 4 is 15.9 Å². The van der Waals surface area contributed by atoms with Crippen molar-refractivity contribution in [2.45, 2.75) is 72.4 Å². The van der Waals surface area contributed by atoms with E-state index in [2.05, 4.69) is 13.8 Å². The van der Waals surface area contributed by atoms with Crippen LogP contribution < -0.4 is 0 Å². The second kappa shape index (κ2) is 10.7. The quantitative estimate of drug-likeness (QED) is 0.526. The number of carbonyl (C=O) groups is 1. The van der Waals surface area contributed by atoms with Crippen LogP contribution in [0, 0.1) is 26.7 Å². The first kappa shape index (κ1) is 26.1. The molecule has 178 valence electrons. The maximum absolute atomic E-state index is 13.8. The lowest BCUT2D eigenvalue weighted by Gasteiger charge is -2.32. The summed E-state index contributed by atoms with van der Waals surface area (Å²) in [7, 11) is -1.89. The van der Waals surface area contributed by atoms with Crippen molar-refractivity contribution in [2.75, 3.05) is 13.1 Å². The highest BCUT2D eigenvalue weighted by Crippen LogP contribution is 2.27. The van der Waals surface area contributed by atoms with Crippen LogP contribution in [0.15, 0.2) is 35.4 Å². The molecule has 0 fully saturated rings. The van der Waals surface area contributed by atoms with E-state index in [9.17, 15) is 13.2 Å². The molecule has 2 rings (SSSR count). The van der Waals surface area contributed by atoms with Gasteiger partial charge in [-0.15, -0.1) is 0 Å². The van der Waals surface area contributed by atoms with Crippen LogP contribution in [0.1, 0.15) is 56.5 Å². The molecule has 0 saturated heterocycles. The van der Waals surface area contributed by atoms with E-state index in [1.165, 1.54) is 4.31 Å². The molecule has 6 nitrogen and oxygen atoms in total. The Morgan fingerprint density at radius 2 is 1.69 bits per heavy atom. The van der Waals surface area contributed by atoms with Gasteiger partial charge in [0.2, 0.25) is 15.9 Å². The largest absolute Gasteiger partial charge is 0.353 e. The Balaban J connectivity index is 2.42. The fraction of sp³-hybridized carbons (Fsp3) is 0.560. The third-order valence-corrected chi connectivity index (χ3v) is 8.15. The zero-order valence-corrected chi connectivity index (χ0v) is 21.7. The molecule has 0 aliphatic carbocycles. The van der Waals surface area contributed by atoms with Gasteiger partial charge in [-0.1, -0.05) is 38.5 Å². The zero-order chi connectivity index (χ0) is 24.2. The lowest BCUT2D eigenvalue weighted by Crippen LogP contribution is -2.47. The molecule has 32 heavy (non-hydrogen) atoms. The van der Waals surface area contributed by atoms with Gasteiger partial charge in [-0.05, 0) is 63.3 Å². The molecule has 7 heteroatoms. The number of rotatable bonds is 10. The molecule has 1 aromatic carbocycles. The maximum Gasteiger partial charge on any atom is 0.244 e. The van der Waals surface area contributed by atoms with Gasteiger partial charge < -0.3 is 9.47 Å². The first-order chi connectivity index (χ1) is 14.9. The van der Waals surface area contributed by atoms with Crippen molar-refractivity contribution in [1.29, 1.82) is 0 Å². The van der Waals surface area contributed by atoms with Gasteiger partial charge in [0.1, 0.15) is 0 Å². The smallest absolute Gasteiger partial charge is 0.244 e. The topological polar surface area (TPSA) is 62.6 Å². The molecule has 0 bridgehead atoms. The molecular formula is C25H39N3O3S. The molecule has 0 spiro atoms. The summed E-state index contributed by atoms with van der Waals surface area (Å²) >= 11 is 0. The van der Waals surface area contributed by atoms with Crippen LogP contribution in [0.25, 0.3) is 0 Å². The normalized spacial score (nSPS) is 13.1. The number of amides is 1. The van der Waals surface area contributed by atoms with Crippen LogP contribution in [-0.2, 0) is 28.4 Å².